The number of aliphatic hydroxyl groups is 1. The first-order valence-electron chi connectivity index (χ1n) is 6.19. The molecule has 88 valence electrons. The molecular weight excluding hydrogens is 188 g/mol. The van der Waals surface area contributed by atoms with Gasteiger partial charge in [0.15, 0.2) is 0 Å². The van der Waals surface area contributed by atoms with Gasteiger partial charge in [-0.05, 0) is 43.4 Å². The Labute approximate surface area is 93.0 Å². The van der Waals surface area contributed by atoms with Crippen LogP contribution in [-0.4, -0.2) is 23.4 Å². The summed E-state index contributed by atoms with van der Waals surface area (Å²) in [5.74, 6) is 1.22. The van der Waals surface area contributed by atoms with E-state index in [1.54, 1.807) is 0 Å². The number of hydrogen-bond donors (Lipinski definition) is 1. The Bertz CT molecular complexity index is 249. The maximum Gasteiger partial charge on any atom is 0.0929 e. The number of epoxide rings is 1. The maximum absolute atomic E-state index is 9.03. The van der Waals surface area contributed by atoms with Gasteiger partial charge in [0, 0.05) is 6.61 Å². The van der Waals surface area contributed by atoms with Crippen molar-refractivity contribution in [3.63, 3.8) is 0 Å². The van der Waals surface area contributed by atoms with E-state index in [1.807, 2.05) is 0 Å². The van der Waals surface area contributed by atoms with Crippen molar-refractivity contribution < 1.29 is 9.84 Å². The van der Waals surface area contributed by atoms with Gasteiger partial charge in [-0.1, -0.05) is 20.8 Å². The molecule has 4 atom stereocenters. The molecule has 0 amide bonds. The second-order valence-electron chi connectivity index (χ2n) is 6.40. The smallest absolute Gasteiger partial charge is 0.0929 e. The predicted octanol–water partition coefficient (Wildman–Crippen LogP) is 2.60. The third kappa shape index (κ3) is 1.83. The van der Waals surface area contributed by atoms with Crippen LogP contribution < -0.4 is 0 Å². The molecule has 0 radical (unpaired) electrons. The van der Waals surface area contributed by atoms with Gasteiger partial charge in [-0.15, -0.1) is 0 Å². The molecule has 2 fully saturated rings. The van der Waals surface area contributed by atoms with E-state index in [4.69, 9.17) is 9.84 Å². The number of aliphatic hydroxyl groups excluding tert-OH is 1. The van der Waals surface area contributed by atoms with E-state index < -0.39 is 0 Å². The van der Waals surface area contributed by atoms with Gasteiger partial charge in [0.2, 0.25) is 0 Å². The lowest BCUT2D eigenvalue weighted by Gasteiger charge is -2.29. The summed E-state index contributed by atoms with van der Waals surface area (Å²) >= 11 is 0. The lowest BCUT2D eigenvalue weighted by molar-refractivity contribution is 0.0974. The third-order valence-electron chi connectivity index (χ3n) is 4.58. The zero-order chi connectivity index (χ0) is 11.3. The lowest BCUT2D eigenvalue weighted by Crippen LogP contribution is -2.25. The van der Waals surface area contributed by atoms with E-state index in [-0.39, 0.29) is 5.60 Å². The van der Waals surface area contributed by atoms with Gasteiger partial charge in [-0.2, -0.15) is 0 Å². The van der Waals surface area contributed by atoms with Crippen LogP contribution in [-0.2, 0) is 4.74 Å². The molecule has 0 aromatic rings. The summed E-state index contributed by atoms with van der Waals surface area (Å²) in [4.78, 5) is 0. The molecule has 2 nitrogen and oxygen atoms in total. The van der Waals surface area contributed by atoms with Crippen molar-refractivity contribution >= 4 is 0 Å². The highest BCUT2D eigenvalue weighted by Crippen LogP contribution is 2.62. The van der Waals surface area contributed by atoms with Crippen molar-refractivity contribution in [3.8, 4) is 0 Å². The zero-order valence-electron chi connectivity index (χ0n) is 10.4. The van der Waals surface area contributed by atoms with Crippen LogP contribution in [0.15, 0.2) is 0 Å². The Balaban J connectivity index is 1.89. The minimum Gasteiger partial charge on any atom is -0.396 e. The minimum atomic E-state index is 0.191. The average Bonchev–Trinajstić information content (AvgIpc) is 2.80. The molecule has 1 heterocycles. The molecule has 2 heteroatoms. The SMILES string of the molecule is CC(CO)CC[C@H]1C[C@]2(C)O[C@@H]2C1(C)C. The second kappa shape index (κ2) is 3.46. The fraction of sp³-hybridized carbons (Fsp3) is 1.00. The molecule has 0 aromatic heterocycles. The van der Waals surface area contributed by atoms with Crippen LogP contribution >= 0.6 is 0 Å². The molecule has 1 saturated carbocycles. The molecule has 1 unspecified atom stereocenters. The van der Waals surface area contributed by atoms with Crippen molar-refractivity contribution in [3.05, 3.63) is 0 Å². The van der Waals surface area contributed by atoms with Crippen LogP contribution in [0.5, 0.6) is 0 Å². The van der Waals surface area contributed by atoms with Crippen LogP contribution in [0.1, 0.15) is 47.0 Å². The molecule has 1 N–H and O–H groups in total. The lowest BCUT2D eigenvalue weighted by atomic mass is 9.77. The Kier molecular flexibility index (Phi) is 2.63. The highest BCUT2D eigenvalue weighted by Gasteiger charge is 2.67. The summed E-state index contributed by atoms with van der Waals surface area (Å²) in [7, 11) is 0. The molecule has 2 rings (SSSR count). The number of fused-ring (bicyclic) bond motifs is 1. The van der Waals surface area contributed by atoms with Gasteiger partial charge < -0.3 is 9.84 Å². The van der Waals surface area contributed by atoms with Crippen molar-refractivity contribution in [1.29, 1.82) is 0 Å². The molecular formula is C13H24O2. The van der Waals surface area contributed by atoms with Gasteiger partial charge in [-0.3, -0.25) is 0 Å². The number of ether oxygens (including phenoxy) is 1. The Hall–Kier alpha value is -0.0800. The molecule has 0 aromatic carbocycles. The fourth-order valence-corrected chi connectivity index (χ4v) is 3.35. The van der Waals surface area contributed by atoms with Crippen LogP contribution in [0.2, 0.25) is 0 Å². The normalized spacial score (nSPS) is 43.8. The van der Waals surface area contributed by atoms with Crippen molar-refractivity contribution in [2.45, 2.75) is 58.7 Å². The molecule has 1 saturated heterocycles. The molecule has 15 heavy (non-hydrogen) atoms. The van der Waals surface area contributed by atoms with Crippen LogP contribution in [0.25, 0.3) is 0 Å². The number of hydrogen-bond acceptors (Lipinski definition) is 2. The highest BCUT2D eigenvalue weighted by atomic mass is 16.6. The summed E-state index contributed by atoms with van der Waals surface area (Å²) in [5, 5.41) is 9.03. The Morgan fingerprint density at radius 1 is 1.40 bits per heavy atom. The van der Waals surface area contributed by atoms with E-state index in [1.165, 1.54) is 12.8 Å². The van der Waals surface area contributed by atoms with Gasteiger partial charge in [0.05, 0.1) is 11.7 Å². The fourth-order valence-electron chi connectivity index (χ4n) is 3.35. The first-order valence-corrected chi connectivity index (χ1v) is 6.19. The molecule has 0 bridgehead atoms. The standard InChI is InChI=1S/C13H24O2/c1-9(8-14)5-6-10-7-13(4)11(15-13)12(10,2)3/h9-11,14H,5-8H2,1-4H3/t9?,10-,11+,13-/m0/s1. The molecule has 1 aliphatic heterocycles. The summed E-state index contributed by atoms with van der Waals surface area (Å²) in [6, 6.07) is 0. The van der Waals surface area contributed by atoms with E-state index in [9.17, 15) is 0 Å². The van der Waals surface area contributed by atoms with Gasteiger partial charge in [-0.25, -0.2) is 0 Å². The Morgan fingerprint density at radius 2 is 2.07 bits per heavy atom. The van der Waals surface area contributed by atoms with Crippen LogP contribution in [0.3, 0.4) is 0 Å². The first-order chi connectivity index (χ1) is 6.90. The maximum atomic E-state index is 9.03. The summed E-state index contributed by atoms with van der Waals surface area (Å²) in [5.41, 5.74) is 0.528. The average molecular weight is 212 g/mol. The van der Waals surface area contributed by atoms with Gasteiger partial charge >= 0.3 is 0 Å². The Morgan fingerprint density at radius 3 is 2.53 bits per heavy atom. The minimum absolute atomic E-state index is 0.191. The molecule has 1 aliphatic carbocycles. The largest absolute Gasteiger partial charge is 0.396 e. The van der Waals surface area contributed by atoms with Gasteiger partial charge in [0.1, 0.15) is 0 Å². The molecule has 2 aliphatic rings. The molecule has 0 spiro atoms. The van der Waals surface area contributed by atoms with Crippen molar-refractivity contribution in [2.24, 2.45) is 17.3 Å². The van der Waals surface area contributed by atoms with Crippen LogP contribution in [0, 0.1) is 17.3 Å². The van der Waals surface area contributed by atoms with E-state index in [0.717, 1.165) is 12.3 Å². The summed E-state index contributed by atoms with van der Waals surface area (Å²) < 4.78 is 5.77. The quantitative estimate of drug-likeness (QED) is 0.727. The van der Waals surface area contributed by atoms with E-state index in [0.29, 0.717) is 24.0 Å². The van der Waals surface area contributed by atoms with E-state index in [2.05, 4.69) is 27.7 Å². The second-order valence-corrected chi connectivity index (χ2v) is 6.40. The third-order valence-corrected chi connectivity index (χ3v) is 4.58. The van der Waals surface area contributed by atoms with E-state index >= 15 is 0 Å². The monoisotopic (exact) mass is 212 g/mol. The van der Waals surface area contributed by atoms with Crippen molar-refractivity contribution in [2.75, 3.05) is 6.61 Å². The van der Waals surface area contributed by atoms with Crippen LogP contribution in [0.4, 0.5) is 0 Å². The highest BCUT2D eigenvalue weighted by molar-refractivity contribution is 5.15. The number of rotatable bonds is 4. The first kappa shape index (κ1) is 11.4. The van der Waals surface area contributed by atoms with Gasteiger partial charge in [0.25, 0.3) is 0 Å². The summed E-state index contributed by atoms with van der Waals surface area (Å²) in [6.07, 6.45) is 4.08. The topological polar surface area (TPSA) is 32.8 Å². The zero-order valence-corrected chi connectivity index (χ0v) is 10.4. The predicted molar refractivity (Wildman–Crippen MR) is 60.6 cm³/mol. The van der Waals surface area contributed by atoms with Crippen molar-refractivity contribution in [1.82, 2.24) is 0 Å². The summed E-state index contributed by atoms with van der Waals surface area (Å²) in [6.45, 7) is 9.37.